The number of carbonyl (C=O) groups is 2. The molecule has 1 saturated carbocycles. The van der Waals surface area contributed by atoms with Gasteiger partial charge in [-0.15, -0.1) is 0 Å². The van der Waals surface area contributed by atoms with E-state index in [1.165, 1.54) is 12.8 Å². The summed E-state index contributed by atoms with van der Waals surface area (Å²) in [6.07, 6.45) is 6.01. The number of nitrogens with one attached hydrogen (secondary N) is 2. The van der Waals surface area contributed by atoms with E-state index in [0.29, 0.717) is 31.1 Å². The topological polar surface area (TPSA) is 116 Å². The molecule has 0 aromatic heterocycles. The lowest BCUT2D eigenvalue weighted by Gasteiger charge is -2.47. The van der Waals surface area contributed by atoms with Gasteiger partial charge in [-0.05, 0) is 70.3 Å². The van der Waals surface area contributed by atoms with Crippen LogP contribution in [0.3, 0.4) is 0 Å². The van der Waals surface area contributed by atoms with Crippen molar-refractivity contribution in [3.05, 3.63) is 35.9 Å². The molecule has 1 aromatic carbocycles. The smallest absolute Gasteiger partial charge is 0.237 e. The minimum atomic E-state index is -3.23. The van der Waals surface area contributed by atoms with Gasteiger partial charge in [0.1, 0.15) is 0 Å². The molecule has 0 spiro atoms. The van der Waals surface area contributed by atoms with E-state index in [1.807, 2.05) is 51.1 Å². The highest BCUT2D eigenvalue weighted by Crippen LogP contribution is 2.39. The van der Waals surface area contributed by atoms with Crippen molar-refractivity contribution in [2.24, 2.45) is 17.8 Å². The minimum absolute atomic E-state index is 0.00483. The maximum absolute atomic E-state index is 13.4. The summed E-state index contributed by atoms with van der Waals surface area (Å²) in [5.74, 6) is 0.105. The Morgan fingerprint density at radius 1 is 1.03 bits per heavy atom. The lowest BCUT2D eigenvalue weighted by Crippen LogP contribution is -2.60. The molecule has 2 amide bonds. The third-order valence-electron chi connectivity index (χ3n) is 8.65. The van der Waals surface area contributed by atoms with Crippen molar-refractivity contribution < 1.29 is 23.1 Å². The van der Waals surface area contributed by atoms with Crippen LogP contribution in [0.5, 0.6) is 0 Å². The Balaban J connectivity index is 1.52. The summed E-state index contributed by atoms with van der Waals surface area (Å²) in [6, 6.07) is 8.78. The SMILES string of the molecule is CC(C)(C)NC(=O)[C@@H]1C[C@@H]2CCCC[C@@H]2CN1C[C@@H](O)[C@H](Cc1ccccc1)NC(=O)C1CCCS(=O)(=O)C1. The number of sulfone groups is 1. The van der Waals surface area contributed by atoms with Crippen molar-refractivity contribution in [3.8, 4) is 0 Å². The molecule has 3 aliphatic rings. The average molecular weight is 562 g/mol. The van der Waals surface area contributed by atoms with E-state index in [0.717, 1.165) is 31.4 Å². The van der Waals surface area contributed by atoms with E-state index < -0.39 is 27.9 Å². The molecule has 0 bridgehead atoms. The summed E-state index contributed by atoms with van der Waals surface area (Å²) < 4.78 is 24.4. The van der Waals surface area contributed by atoms with Gasteiger partial charge in [-0.25, -0.2) is 8.42 Å². The second kappa shape index (κ2) is 12.7. The van der Waals surface area contributed by atoms with Crippen LogP contribution < -0.4 is 10.6 Å². The van der Waals surface area contributed by atoms with Crippen molar-refractivity contribution in [1.29, 1.82) is 0 Å². The van der Waals surface area contributed by atoms with E-state index in [-0.39, 0.29) is 41.4 Å². The van der Waals surface area contributed by atoms with E-state index in [2.05, 4.69) is 15.5 Å². The molecular weight excluding hydrogens is 514 g/mol. The highest BCUT2D eigenvalue weighted by Gasteiger charge is 2.42. The zero-order valence-electron chi connectivity index (χ0n) is 23.8. The number of rotatable bonds is 8. The Morgan fingerprint density at radius 2 is 1.72 bits per heavy atom. The van der Waals surface area contributed by atoms with Gasteiger partial charge in [0.05, 0.1) is 35.6 Å². The number of piperidine rings is 1. The number of hydrogen-bond acceptors (Lipinski definition) is 6. The fourth-order valence-corrected chi connectivity index (χ4v) is 8.38. The van der Waals surface area contributed by atoms with Gasteiger partial charge in [-0.3, -0.25) is 14.5 Å². The summed E-state index contributed by atoms with van der Waals surface area (Å²) >= 11 is 0. The van der Waals surface area contributed by atoms with Gasteiger partial charge in [-0.2, -0.15) is 0 Å². The predicted octanol–water partition coefficient (Wildman–Crippen LogP) is 2.70. The molecule has 1 aromatic rings. The molecule has 8 nitrogen and oxygen atoms in total. The highest BCUT2D eigenvalue weighted by atomic mass is 32.2. The summed E-state index contributed by atoms with van der Waals surface area (Å²) in [7, 11) is -3.23. The molecule has 1 aliphatic carbocycles. The van der Waals surface area contributed by atoms with Gasteiger partial charge >= 0.3 is 0 Å². The van der Waals surface area contributed by atoms with Gasteiger partial charge in [0.25, 0.3) is 0 Å². The largest absolute Gasteiger partial charge is 0.390 e. The first-order valence-corrected chi connectivity index (χ1v) is 16.5. The Hall–Kier alpha value is -1.97. The molecule has 2 saturated heterocycles. The van der Waals surface area contributed by atoms with Crippen molar-refractivity contribution >= 4 is 21.7 Å². The Kier molecular flexibility index (Phi) is 9.76. The second-order valence-electron chi connectivity index (χ2n) is 13.1. The normalized spacial score (nSPS) is 29.0. The van der Waals surface area contributed by atoms with Crippen LogP contribution in [0.15, 0.2) is 30.3 Å². The predicted molar refractivity (Wildman–Crippen MR) is 153 cm³/mol. The van der Waals surface area contributed by atoms with Crippen LogP contribution in [0.2, 0.25) is 0 Å². The average Bonchev–Trinajstić information content (AvgIpc) is 2.86. The lowest BCUT2D eigenvalue weighted by atomic mass is 9.72. The zero-order valence-corrected chi connectivity index (χ0v) is 24.6. The molecule has 2 aliphatic heterocycles. The number of aliphatic hydroxyl groups excluding tert-OH is 1. The number of aliphatic hydroxyl groups is 1. The van der Waals surface area contributed by atoms with E-state index >= 15 is 0 Å². The molecule has 4 rings (SSSR count). The van der Waals surface area contributed by atoms with Crippen molar-refractivity contribution in [1.82, 2.24) is 15.5 Å². The second-order valence-corrected chi connectivity index (χ2v) is 15.3. The fraction of sp³-hybridized carbons (Fsp3) is 0.733. The standard InChI is InChI=1S/C30H47N3O5S/c1-30(2,3)32-29(36)26-17-22-12-7-8-13-23(22)18-33(26)19-27(34)25(16-21-10-5-4-6-11-21)31-28(35)24-14-9-15-39(37,38)20-24/h4-6,10-11,22-27,34H,7-9,12-20H2,1-3H3,(H,31,35)(H,32,36)/t22-,23+,24?,25-,26-,27+/m0/s1. The Morgan fingerprint density at radius 3 is 2.38 bits per heavy atom. The number of benzene rings is 1. The van der Waals surface area contributed by atoms with Crippen molar-refractivity contribution in [2.75, 3.05) is 24.6 Å². The number of hydrogen-bond donors (Lipinski definition) is 3. The summed E-state index contributed by atoms with van der Waals surface area (Å²) in [4.78, 5) is 28.8. The zero-order chi connectivity index (χ0) is 28.2. The summed E-state index contributed by atoms with van der Waals surface area (Å²) in [5.41, 5.74) is 0.626. The number of nitrogens with zero attached hydrogens (tertiary/aromatic N) is 1. The van der Waals surface area contributed by atoms with Crippen LogP contribution in [0.1, 0.15) is 71.3 Å². The fourth-order valence-electron chi connectivity index (χ4n) is 6.68. The number of amides is 2. The molecule has 6 atom stereocenters. The first-order chi connectivity index (χ1) is 18.4. The molecule has 3 N–H and O–H groups in total. The minimum Gasteiger partial charge on any atom is -0.390 e. The summed E-state index contributed by atoms with van der Waals surface area (Å²) in [6.45, 7) is 6.97. The van der Waals surface area contributed by atoms with Crippen LogP contribution in [0.25, 0.3) is 0 Å². The molecule has 3 fully saturated rings. The van der Waals surface area contributed by atoms with E-state index in [9.17, 15) is 23.1 Å². The monoisotopic (exact) mass is 561 g/mol. The number of fused-ring (bicyclic) bond motifs is 1. The number of β-amino-alcohol motifs (C(OH)–C–C–N with tert-alkyl or cyclic N) is 1. The van der Waals surface area contributed by atoms with Crippen molar-refractivity contribution in [2.45, 2.75) is 95.9 Å². The highest BCUT2D eigenvalue weighted by molar-refractivity contribution is 7.91. The first-order valence-electron chi connectivity index (χ1n) is 14.7. The third kappa shape index (κ3) is 8.51. The number of likely N-dealkylation sites (tertiary alicyclic amines) is 1. The maximum atomic E-state index is 13.4. The van der Waals surface area contributed by atoms with Crippen LogP contribution >= 0.6 is 0 Å². The summed E-state index contributed by atoms with van der Waals surface area (Å²) in [5, 5.41) is 17.8. The molecule has 1 unspecified atom stereocenters. The quantitative estimate of drug-likeness (QED) is 0.450. The molecule has 2 heterocycles. The van der Waals surface area contributed by atoms with Gasteiger partial charge in [-0.1, -0.05) is 49.6 Å². The van der Waals surface area contributed by atoms with E-state index in [1.54, 1.807) is 0 Å². The van der Waals surface area contributed by atoms with Crippen LogP contribution in [-0.2, 0) is 25.8 Å². The van der Waals surface area contributed by atoms with E-state index in [4.69, 9.17) is 0 Å². The van der Waals surface area contributed by atoms with Crippen molar-refractivity contribution in [3.63, 3.8) is 0 Å². The molecule has 0 radical (unpaired) electrons. The van der Waals surface area contributed by atoms with Gasteiger partial charge in [0.2, 0.25) is 11.8 Å². The maximum Gasteiger partial charge on any atom is 0.237 e. The molecular formula is C30H47N3O5S. The Bertz CT molecular complexity index is 1090. The van der Waals surface area contributed by atoms with Crippen LogP contribution in [0.4, 0.5) is 0 Å². The lowest BCUT2D eigenvalue weighted by molar-refractivity contribution is -0.133. The number of carbonyl (C=O) groups excluding carboxylic acids is 2. The van der Waals surface area contributed by atoms with Crippen LogP contribution in [0, 0.1) is 17.8 Å². The molecule has 218 valence electrons. The first kappa shape index (κ1) is 30.0. The molecule has 9 heteroatoms. The van der Waals surface area contributed by atoms with Gasteiger partial charge in [0.15, 0.2) is 9.84 Å². The van der Waals surface area contributed by atoms with Gasteiger partial charge in [0, 0.05) is 18.6 Å². The van der Waals surface area contributed by atoms with Gasteiger partial charge < -0.3 is 15.7 Å². The third-order valence-corrected chi connectivity index (χ3v) is 10.5. The van der Waals surface area contributed by atoms with Crippen LogP contribution in [-0.4, -0.2) is 78.6 Å². The Labute approximate surface area is 234 Å². The molecule has 39 heavy (non-hydrogen) atoms.